The zero-order chi connectivity index (χ0) is 13.2. The predicted octanol–water partition coefficient (Wildman–Crippen LogP) is 2.18. The molecule has 0 radical (unpaired) electrons. The van der Waals surface area contributed by atoms with E-state index in [2.05, 4.69) is 0 Å². The van der Waals surface area contributed by atoms with Gasteiger partial charge in [-0.05, 0) is 27.7 Å². The van der Waals surface area contributed by atoms with E-state index in [4.69, 9.17) is 32.7 Å². The van der Waals surface area contributed by atoms with Gasteiger partial charge in [0.1, 0.15) is 0 Å². The van der Waals surface area contributed by atoms with Gasteiger partial charge in [-0.2, -0.15) is 0 Å². The average molecular weight is 284 g/mol. The maximum atomic E-state index is 11.8. The minimum absolute atomic E-state index is 0.000845. The van der Waals surface area contributed by atoms with Gasteiger partial charge in [0, 0.05) is 6.04 Å². The third-order valence-electron chi connectivity index (χ3n) is 2.83. The van der Waals surface area contributed by atoms with Crippen molar-refractivity contribution in [3.8, 4) is 0 Å². The number of amides is 1. The Morgan fingerprint density at radius 2 is 1.71 bits per heavy atom. The van der Waals surface area contributed by atoms with Crippen molar-refractivity contribution in [2.24, 2.45) is 0 Å². The van der Waals surface area contributed by atoms with E-state index >= 15 is 0 Å². The fourth-order valence-corrected chi connectivity index (χ4v) is 1.91. The van der Waals surface area contributed by atoms with Crippen LogP contribution < -0.4 is 0 Å². The summed E-state index contributed by atoms with van der Waals surface area (Å²) >= 11 is 11.2. The topological polar surface area (TPSA) is 38.8 Å². The Morgan fingerprint density at radius 1 is 1.24 bits per heavy atom. The van der Waals surface area contributed by atoms with Crippen LogP contribution in [0.1, 0.15) is 27.7 Å². The van der Waals surface area contributed by atoms with Gasteiger partial charge in [-0.1, -0.05) is 23.2 Å². The summed E-state index contributed by atoms with van der Waals surface area (Å²) in [5, 5.41) is 0. The van der Waals surface area contributed by atoms with E-state index in [1.54, 1.807) is 4.90 Å². The van der Waals surface area contributed by atoms with Gasteiger partial charge in [-0.3, -0.25) is 4.79 Å². The summed E-state index contributed by atoms with van der Waals surface area (Å²) < 4.78 is 11.2. The number of rotatable bonds is 4. The van der Waals surface area contributed by atoms with E-state index in [1.807, 2.05) is 27.7 Å². The Kier molecular flexibility index (Phi) is 5.51. The molecule has 100 valence electrons. The molecule has 2 unspecified atom stereocenters. The summed E-state index contributed by atoms with van der Waals surface area (Å²) in [4.78, 5) is 12.3. The Bertz CT molecular complexity index is 263. The van der Waals surface area contributed by atoms with Gasteiger partial charge in [0.25, 0.3) is 5.91 Å². The molecule has 0 spiro atoms. The van der Waals surface area contributed by atoms with Gasteiger partial charge >= 0.3 is 0 Å². The van der Waals surface area contributed by atoms with Crippen LogP contribution in [0.25, 0.3) is 0 Å². The minimum Gasteiger partial charge on any atom is -0.345 e. The second-order valence-electron chi connectivity index (χ2n) is 4.50. The molecule has 0 saturated carbocycles. The third kappa shape index (κ3) is 3.98. The predicted molar refractivity (Wildman–Crippen MR) is 67.2 cm³/mol. The van der Waals surface area contributed by atoms with Crippen LogP contribution in [0.15, 0.2) is 0 Å². The van der Waals surface area contributed by atoms with Gasteiger partial charge in [0.2, 0.25) is 0 Å². The summed E-state index contributed by atoms with van der Waals surface area (Å²) in [7, 11) is 0. The molecule has 0 aliphatic carbocycles. The number of hydrogen-bond donors (Lipinski definition) is 0. The summed E-state index contributed by atoms with van der Waals surface area (Å²) in [6.45, 7) is 8.03. The maximum Gasteiger partial charge on any atom is 0.256 e. The monoisotopic (exact) mass is 283 g/mol. The highest BCUT2D eigenvalue weighted by Crippen LogP contribution is 2.21. The van der Waals surface area contributed by atoms with Crippen LogP contribution in [-0.2, 0) is 14.3 Å². The SMILES string of the molecule is CC1OC(CN(C(=O)C(Cl)Cl)C(C)C)OC1C. The molecule has 17 heavy (non-hydrogen) atoms. The van der Waals surface area contributed by atoms with Crippen LogP contribution in [0, 0.1) is 0 Å². The Morgan fingerprint density at radius 3 is 2.06 bits per heavy atom. The molecular weight excluding hydrogens is 265 g/mol. The molecule has 0 aromatic carbocycles. The lowest BCUT2D eigenvalue weighted by Crippen LogP contribution is -2.44. The maximum absolute atomic E-state index is 11.8. The summed E-state index contributed by atoms with van der Waals surface area (Å²) in [6, 6.07) is 0.000845. The fourth-order valence-electron chi connectivity index (χ4n) is 1.66. The van der Waals surface area contributed by atoms with Gasteiger partial charge in [0.15, 0.2) is 11.1 Å². The number of alkyl halides is 2. The van der Waals surface area contributed by atoms with Crippen molar-refractivity contribution >= 4 is 29.1 Å². The van der Waals surface area contributed by atoms with E-state index in [-0.39, 0.29) is 24.2 Å². The van der Waals surface area contributed by atoms with E-state index in [9.17, 15) is 4.79 Å². The van der Waals surface area contributed by atoms with Crippen LogP contribution >= 0.6 is 23.2 Å². The van der Waals surface area contributed by atoms with Crippen molar-refractivity contribution in [2.75, 3.05) is 6.54 Å². The highest BCUT2D eigenvalue weighted by Gasteiger charge is 2.33. The highest BCUT2D eigenvalue weighted by molar-refractivity contribution is 6.53. The Hall–Kier alpha value is -0.0300. The molecule has 1 aliphatic heterocycles. The lowest BCUT2D eigenvalue weighted by Gasteiger charge is -2.29. The molecule has 4 nitrogen and oxygen atoms in total. The van der Waals surface area contributed by atoms with Crippen molar-refractivity contribution in [1.29, 1.82) is 0 Å². The summed E-state index contributed by atoms with van der Waals surface area (Å²) in [5.41, 5.74) is 0. The molecule has 1 aliphatic rings. The van der Waals surface area contributed by atoms with Gasteiger partial charge in [-0.15, -0.1) is 0 Å². The van der Waals surface area contributed by atoms with Crippen molar-refractivity contribution in [3.63, 3.8) is 0 Å². The quantitative estimate of drug-likeness (QED) is 0.743. The van der Waals surface area contributed by atoms with Gasteiger partial charge in [0.05, 0.1) is 18.8 Å². The van der Waals surface area contributed by atoms with Gasteiger partial charge < -0.3 is 14.4 Å². The first-order valence-corrected chi connectivity index (χ1v) is 6.59. The second-order valence-corrected chi connectivity index (χ2v) is 5.59. The van der Waals surface area contributed by atoms with E-state index in [1.165, 1.54) is 0 Å². The molecule has 0 bridgehead atoms. The number of nitrogens with zero attached hydrogens (tertiary/aromatic N) is 1. The first-order valence-electron chi connectivity index (χ1n) is 5.72. The molecule has 1 amide bonds. The molecule has 1 saturated heterocycles. The van der Waals surface area contributed by atoms with E-state index in [0.29, 0.717) is 6.54 Å². The molecule has 0 aromatic rings. The normalized spacial score (nSPS) is 29.1. The number of halogens is 2. The van der Waals surface area contributed by atoms with Gasteiger partial charge in [-0.25, -0.2) is 0 Å². The zero-order valence-electron chi connectivity index (χ0n) is 10.5. The van der Waals surface area contributed by atoms with Crippen LogP contribution in [-0.4, -0.2) is 46.7 Å². The summed E-state index contributed by atoms with van der Waals surface area (Å²) in [5.74, 6) is -0.317. The number of hydrogen-bond acceptors (Lipinski definition) is 3. The van der Waals surface area contributed by atoms with Crippen LogP contribution in [0.3, 0.4) is 0 Å². The smallest absolute Gasteiger partial charge is 0.256 e. The van der Waals surface area contributed by atoms with Crippen LogP contribution in [0.4, 0.5) is 0 Å². The molecule has 1 fully saturated rings. The van der Waals surface area contributed by atoms with Crippen LogP contribution in [0.2, 0.25) is 0 Å². The van der Waals surface area contributed by atoms with Crippen molar-refractivity contribution < 1.29 is 14.3 Å². The van der Waals surface area contributed by atoms with E-state index < -0.39 is 11.1 Å². The number of carbonyl (C=O) groups excluding carboxylic acids is 1. The van der Waals surface area contributed by atoms with E-state index in [0.717, 1.165) is 0 Å². The zero-order valence-corrected chi connectivity index (χ0v) is 12.0. The minimum atomic E-state index is -1.05. The highest BCUT2D eigenvalue weighted by atomic mass is 35.5. The lowest BCUT2D eigenvalue weighted by molar-refractivity contribution is -0.139. The average Bonchev–Trinajstić information content (AvgIpc) is 2.53. The first kappa shape index (κ1) is 15.0. The number of carbonyl (C=O) groups is 1. The lowest BCUT2D eigenvalue weighted by atomic mass is 10.3. The van der Waals surface area contributed by atoms with Crippen molar-refractivity contribution in [1.82, 2.24) is 4.90 Å². The Balaban J connectivity index is 2.59. The molecule has 2 atom stereocenters. The summed E-state index contributed by atoms with van der Waals surface area (Å²) in [6.07, 6.45) is -0.336. The molecular formula is C11H19Cl2NO3. The number of ether oxygens (including phenoxy) is 2. The van der Waals surface area contributed by atoms with Crippen molar-refractivity contribution in [2.45, 2.75) is 57.1 Å². The standard InChI is InChI=1S/C11H19Cl2NO3/c1-6(2)14(11(15)10(12)13)5-9-16-7(3)8(4)17-9/h6-10H,5H2,1-4H3. The molecule has 1 rings (SSSR count). The first-order chi connectivity index (χ1) is 7.82. The van der Waals surface area contributed by atoms with Crippen LogP contribution in [0.5, 0.6) is 0 Å². The molecule has 0 aromatic heterocycles. The molecule has 6 heteroatoms. The van der Waals surface area contributed by atoms with Crippen molar-refractivity contribution in [3.05, 3.63) is 0 Å². The second kappa shape index (κ2) is 6.23. The largest absolute Gasteiger partial charge is 0.345 e. The molecule has 0 N–H and O–H groups in total. The fraction of sp³-hybridized carbons (Fsp3) is 0.909. The molecule has 1 heterocycles. The Labute approximate surface area is 112 Å². The third-order valence-corrected chi connectivity index (χ3v) is 3.21.